The van der Waals surface area contributed by atoms with Gasteiger partial charge in [-0.1, -0.05) is 18.3 Å². The predicted octanol–water partition coefficient (Wildman–Crippen LogP) is 2.30. The molecule has 0 aromatic carbocycles. The highest BCUT2D eigenvalue weighted by Gasteiger charge is 2.08. The van der Waals surface area contributed by atoms with E-state index in [2.05, 4.69) is 27.4 Å². The maximum absolute atomic E-state index is 11.8. The van der Waals surface area contributed by atoms with Crippen LogP contribution in [0, 0.1) is 0 Å². The lowest BCUT2D eigenvalue weighted by Gasteiger charge is -2.01. The van der Waals surface area contributed by atoms with Gasteiger partial charge in [-0.05, 0) is 17.9 Å². The molecule has 0 radical (unpaired) electrons. The van der Waals surface area contributed by atoms with Crippen molar-refractivity contribution in [3.63, 3.8) is 0 Å². The van der Waals surface area contributed by atoms with Gasteiger partial charge in [0, 0.05) is 6.20 Å². The predicted molar refractivity (Wildman–Crippen MR) is 68.5 cm³/mol. The van der Waals surface area contributed by atoms with E-state index in [1.807, 2.05) is 6.07 Å². The molecule has 0 unspecified atom stereocenters. The van der Waals surface area contributed by atoms with Crippen molar-refractivity contribution in [3.8, 4) is 0 Å². The van der Waals surface area contributed by atoms with E-state index in [0.29, 0.717) is 10.7 Å². The standard InChI is InChI=1S/C10H10N4OS2/c1-2-16-8-4-3-7(5-11-8)9(15)13-10-14-12-6-17-10/h3-6H,2H2,1H3,(H,13,14,15). The van der Waals surface area contributed by atoms with Crippen LogP contribution in [0.3, 0.4) is 0 Å². The van der Waals surface area contributed by atoms with Gasteiger partial charge in [0.05, 0.1) is 10.6 Å². The summed E-state index contributed by atoms with van der Waals surface area (Å²) in [6.07, 6.45) is 1.56. The van der Waals surface area contributed by atoms with Crippen molar-refractivity contribution < 1.29 is 4.79 Å². The van der Waals surface area contributed by atoms with Crippen molar-refractivity contribution in [2.75, 3.05) is 11.1 Å². The van der Waals surface area contributed by atoms with Gasteiger partial charge < -0.3 is 0 Å². The van der Waals surface area contributed by atoms with Crippen molar-refractivity contribution in [3.05, 3.63) is 29.4 Å². The van der Waals surface area contributed by atoms with Gasteiger partial charge in [-0.3, -0.25) is 10.1 Å². The minimum Gasteiger partial charge on any atom is -0.296 e. The van der Waals surface area contributed by atoms with Crippen molar-refractivity contribution in [1.29, 1.82) is 0 Å². The largest absolute Gasteiger partial charge is 0.296 e. The maximum Gasteiger partial charge on any atom is 0.259 e. The summed E-state index contributed by atoms with van der Waals surface area (Å²) in [7, 11) is 0. The molecule has 2 heterocycles. The van der Waals surface area contributed by atoms with Crippen LogP contribution in [0.1, 0.15) is 17.3 Å². The zero-order chi connectivity index (χ0) is 12.1. The topological polar surface area (TPSA) is 67.8 Å². The van der Waals surface area contributed by atoms with E-state index in [4.69, 9.17) is 0 Å². The number of carbonyl (C=O) groups excluding carboxylic acids is 1. The Kier molecular flexibility index (Phi) is 4.05. The van der Waals surface area contributed by atoms with Crippen LogP contribution in [0.2, 0.25) is 0 Å². The summed E-state index contributed by atoms with van der Waals surface area (Å²) >= 11 is 2.92. The Hall–Kier alpha value is -1.47. The number of nitrogens with one attached hydrogen (secondary N) is 1. The summed E-state index contributed by atoms with van der Waals surface area (Å²) < 4.78 is 0. The summed E-state index contributed by atoms with van der Waals surface area (Å²) in [6.45, 7) is 2.06. The minimum atomic E-state index is -0.220. The van der Waals surface area contributed by atoms with Gasteiger partial charge >= 0.3 is 0 Å². The van der Waals surface area contributed by atoms with Crippen LogP contribution in [0.4, 0.5) is 5.13 Å². The molecule has 1 amide bonds. The van der Waals surface area contributed by atoms with Gasteiger partial charge in [-0.25, -0.2) is 4.98 Å². The Morgan fingerprint density at radius 2 is 2.41 bits per heavy atom. The van der Waals surface area contributed by atoms with Crippen LogP contribution in [-0.2, 0) is 0 Å². The van der Waals surface area contributed by atoms with Gasteiger partial charge in [0.1, 0.15) is 5.51 Å². The smallest absolute Gasteiger partial charge is 0.259 e. The summed E-state index contributed by atoms with van der Waals surface area (Å²) in [5.41, 5.74) is 2.08. The number of amides is 1. The van der Waals surface area contributed by atoms with Gasteiger partial charge in [0.25, 0.3) is 5.91 Å². The molecule has 2 aromatic rings. The third-order valence-electron chi connectivity index (χ3n) is 1.87. The SMILES string of the molecule is CCSc1ccc(C(=O)Nc2nncs2)cn1. The number of rotatable bonds is 4. The van der Waals surface area contributed by atoms with E-state index < -0.39 is 0 Å². The molecule has 0 spiro atoms. The van der Waals surface area contributed by atoms with Crippen LogP contribution in [0.15, 0.2) is 28.9 Å². The Morgan fingerprint density at radius 1 is 1.53 bits per heavy atom. The van der Waals surface area contributed by atoms with Crippen LogP contribution in [-0.4, -0.2) is 26.8 Å². The minimum absolute atomic E-state index is 0.220. The molecule has 0 fully saturated rings. The molecule has 17 heavy (non-hydrogen) atoms. The molecule has 0 aliphatic carbocycles. The first kappa shape index (κ1) is 12.0. The van der Waals surface area contributed by atoms with E-state index in [-0.39, 0.29) is 5.91 Å². The third kappa shape index (κ3) is 3.24. The zero-order valence-electron chi connectivity index (χ0n) is 9.08. The molecule has 2 aromatic heterocycles. The fraction of sp³-hybridized carbons (Fsp3) is 0.200. The van der Waals surface area contributed by atoms with Crippen molar-refractivity contribution >= 4 is 34.1 Å². The first-order valence-electron chi connectivity index (χ1n) is 4.96. The highest BCUT2D eigenvalue weighted by Crippen LogP contribution is 2.15. The highest BCUT2D eigenvalue weighted by molar-refractivity contribution is 7.99. The second-order valence-electron chi connectivity index (χ2n) is 3.02. The van der Waals surface area contributed by atoms with Gasteiger partial charge in [-0.2, -0.15) is 0 Å². The maximum atomic E-state index is 11.8. The molecule has 1 N–H and O–H groups in total. The van der Waals surface area contributed by atoms with Crippen LogP contribution in [0.5, 0.6) is 0 Å². The number of hydrogen-bond acceptors (Lipinski definition) is 6. The first-order chi connectivity index (χ1) is 8.29. The molecule has 0 aliphatic rings. The quantitative estimate of drug-likeness (QED) is 0.860. The fourth-order valence-electron chi connectivity index (χ4n) is 1.14. The number of thioether (sulfide) groups is 1. The average molecular weight is 266 g/mol. The molecular weight excluding hydrogens is 256 g/mol. The molecule has 2 rings (SSSR count). The Bertz CT molecular complexity index is 484. The average Bonchev–Trinajstić information content (AvgIpc) is 2.83. The third-order valence-corrected chi connectivity index (χ3v) is 3.30. The Labute approximate surface area is 107 Å². The van der Waals surface area contributed by atoms with Crippen molar-refractivity contribution in [1.82, 2.24) is 15.2 Å². The fourth-order valence-corrected chi connectivity index (χ4v) is 2.17. The van der Waals surface area contributed by atoms with Crippen LogP contribution < -0.4 is 5.32 Å². The van der Waals surface area contributed by atoms with E-state index in [9.17, 15) is 4.79 Å². The summed E-state index contributed by atoms with van der Waals surface area (Å²) in [5.74, 6) is 0.742. The van der Waals surface area contributed by atoms with Crippen LogP contribution in [0.25, 0.3) is 0 Å². The summed E-state index contributed by atoms with van der Waals surface area (Å²) in [5, 5.41) is 11.4. The van der Waals surface area contributed by atoms with Gasteiger partial charge in [-0.15, -0.1) is 22.0 Å². The molecule has 0 saturated carbocycles. The molecule has 0 bridgehead atoms. The molecule has 0 atom stereocenters. The van der Waals surface area contributed by atoms with Gasteiger partial charge in [0.15, 0.2) is 0 Å². The number of anilines is 1. The first-order valence-corrected chi connectivity index (χ1v) is 6.82. The number of carbonyl (C=O) groups is 1. The highest BCUT2D eigenvalue weighted by atomic mass is 32.2. The second-order valence-corrected chi connectivity index (χ2v) is 5.13. The molecule has 7 heteroatoms. The van der Waals surface area contributed by atoms with E-state index in [1.54, 1.807) is 29.5 Å². The molecule has 0 saturated heterocycles. The number of pyridine rings is 1. The second kappa shape index (κ2) is 5.74. The molecular formula is C10H10N4OS2. The normalized spacial score (nSPS) is 10.2. The van der Waals surface area contributed by atoms with Crippen LogP contribution >= 0.6 is 23.1 Å². The Morgan fingerprint density at radius 3 is 3.00 bits per heavy atom. The lowest BCUT2D eigenvalue weighted by Crippen LogP contribution is -2.12. The zero-order valence-corrected chi connectivity index (χ0v) is 10.7. The van der Waals surface area contributed by atoms with Crippen molar-refractivity contribution in [2.45, 2.75) is 11.9 Å². The lowest BCUT2D eigenvalue weighted by molar-refractivity contribution is 0.102. The lowest BCUT2D eigenvalue weighted by atomic mass is 10.3. The summed E-state index contributed by atoms with van der Waals surface area (Å²) in [4.78, 5) is 16.0. The molecule has 88 valence electrons. The number of nitrogens with zero attached hydrogens (tertiary/aromatic N) is 3. The monoisotopic (exact) mass is 266 g/mol. The summed E-state index contributed by atoms with van der Waals surface area (Å²) in [6, 6.07) is 3.59. The van der Waals surface area contributed by atoms with Crippen molar-refractivity contribution in [2.24, 2.45) is 0 Å². The van der Waals surface area contributed by atoms with E-state index >= 15 is 0 Å². The van der Waals surface area contributed by atoms with E-state index in [1.165, 1.54) is 11.3 Å². The number of hydrogen-bond donors (Lipinski definition) is 1. The molecule has 0 aliphatic heterocycles. The van der Waals surface area contributed by atoms with E-state index in [0.717, 1.165) is 10.8 Å². The van der Waals surface area contributed by atoms with Gasteiger partial charge in [0.2, 0.25) is 5.13 Å². The Balaban J connectivity index is 2.04. The molecule has 5 nitrogen and oxygen atoms in total. The number of aromatic nitrogens is 3.